The van der Waals surface area contributed by atoms with Gasteiger partial charge in [0.2, 0.25) is 0 Å². The molecule has 1 heterocycles. The molecular weight excluding hydrogens is 259 g/mol. The van der Waals surface area contributed by atoms with Crippen molar-refractivity contribution in [3.8, 4) is 11.4 Å². The number of aryl methyl sites for hydroxylation is 1. The van der Waals surface area contributed by atoms with Crippen LogP contribution in [0.2, 0.25) is 10.0 Å². The summed E-state index contributed by atoms with van der Waals surface area (Å²) in [6.45, 7) is 0.637. The highest BCUT2D eigenvalue weighted by molar-refractivity contribution is 6.36. The van der Waals surface area contributed by atoms with E-state index in [-0.39, 0.29) is 0 Å². The van der Waals surface area contributed by atoms with Crippen LogP contribution in [-0.2, 0) is 6.42 Å². The third-order valence-corrected chi connectivity index (χ3v) is 2.87. The highest BCUT2D eigenvalue weighted by Crippen LogP contribution is 2.27. The van der Waals surface area contributed by atoms with Crippen LogP contribution in [0.25, 0.3) is 11.4 Å². The molecule has 2 rings (SSSR count). The quantitative estimate of drug-likeness (QED) is 0.898. The van der Waals surface area contributed by atoms with Gasteiger partial charge in [0.1, 0.15) is 5.82 Å². The van der Waals surface area contributed by atoms with Crippen LogP contribution in [-0.4, -0.2) is 21.7 Å². The summed E-state index contributed by atoms with van der Waals surface area (Å²) in [7, 11) is 0. The highest BCUT2D eigenvalue weighted by Gasteiger charge is 2.09. The maximum absolute atomic E-state index is 6.08. The minimum Gasteiger partial charge on any atom is -0.330 e. The van der Waals surface area contributed by atoms with Crippen LogP contribution in [0.5, 0.6) is 0 Å². The molecule has 0 aliphatic carbocycles. The lowest BCUT2D eigenvalue weighted by molar-refractivity contribution is 0.785. The van der Waals surface area contributed by atoms with Crippen LogP contribution in [0.4, 0.5) is 0 Å². The molecule has 0 aliphatic rings. The van der Waals surface area contributed by atoms with Gasteiger partial charge in [-0.25, -0.2) is 4.98 Å². The second-order valence-electron chi connectivity index (χ2n) is 3.62. The van der Waals surface area contributed by atoms with Crippen molar-refractivity contribution < 1.29 is 0 Å². The summed E-state index contributed by atoms with van der Waals surface area (Å²) in [5.41, 5.74) is 6.21. The first-order chi connectivity index (χ1) is 8.20. The molecule has 0 bridgehead atoms. The maximum atomic E-state index is 6.08. The van der Waals surface area contributed by atoms with E-state index in [2.05, 4.69) is 15.2 Å². The smallest absolute Gasteiger partial charge is 0.182 e. The van der Waals surface area contributed by atoms with Crippen LogP contribution in [0, 0.1) is 0 Å². The Morgan fingerprint density at radius 2 is 2.12 bits per heavy atom. The minimum absolute atomic E-state index is 0.543. The number of hydrogen-bond donors (Lipinski definition) is 2. The summed E-state index contributed by atoms with van der Waals surface area (Å²) in [6.07, 6.45) is 1.66. The number of aromatic nitrogens is 3. The van der Waals surface area contributed by atoms with Crippen molar-refractivity contribution in [1.29, 1.82) is 0 Å². The number of hydrogen-bond acceptors (Lipinski definition) is 3. The second kappa shape index (κ2) is 5.49. The summed E-state index contributed by atoms with van der Waals surface area (Å²) in [4.78, 5) is 4.36. The van der Waals surface area contributed by atoms with Gasteiger partial charge in [0, 0.05) is 17.0 Å². The fourth-order valence-corrected chi connectivity index (χ4v) is 1.96. The van der Waals surface area contributed by atoms with E-state index in [1.165, 1.54) is 0 Å². The summed E-state index contributed by atoms with van der Waals surface area (Å²) in [5.74, 6) is 1.40. The lowest BCUT2D eigenvalue weighted by Crippen LogP contribution is -2.01. The van der Waals surface area contributed by atoms with Gasteiger partial charge in [-0.05, 0) is 31.2 Å². The van der Waals surface area contributed by atoms with Gasteiger partial charge < -0.3 is 5.73 Å². The molecule has 17 heavy (non-hydrogen) atoms. The molecule has 1 aromatic heterocycles. The number of benzene rings is 1. The van der Waals surface area contributed by atoms with Crippen LogP contribution < -0.4 is 5.73 Å². The molecule has 0 aliphatic heterocycles. The van der Waals surface area contributed by atoms with Crippen LogP contribution in [0.15, 0.2) is 18.2 Å². The number of aromatic amines is 1. The summed E-state index contributed by atoms with van der Waals surface area (Å²) < 4.78 is 0. The average molecular weight is 271 g/mol. The van der Waals surface area contributed by atoms with E-state index in [1.807, 2.05) is 0 Å². The lowest BCUT2D eigenvalue weighted by atomic mass is 10.2. The number of nitrogens with two attached hydrogens (primary N) is 1. The third kappa shape index (κ3) is 2.97. The van der Waals surface area contributed by atoms with Crippen molar-refractivity contribution in [3.05, 3.63) is 34.1 Å². The molecule has 4 nitrogen and oxygen atoms in total. The van der Waals surface area contributed by atoms with Crippen molar-refractivity contribution in [2.24, 2.45) is 5.73 Å². The summed E-state index contributed by atoms with van der Waals surface area (Å²) >= 11 is 11.9. The molecule has 0 amide bonds. The number of nitrogens with zero attached hydrogens (tertiary/aromatic N) is 2. The van der Waals surface area contributed by atoms with Crippen molar-refractivity contribution in [3.63, 3.8) is 0 Å². The van der Waals surface area contributed by atoms with E-state index in [0.717, 1.165) is 24.2 Å². The monoisotopic (exact) mass is 270 g/mol. The topological polar surface area (TPSA) is 67.6 Å². The van der Waals surface area contributed by atoms with Crippen molar-refractivity contribution >= 4 is 23.2 Å². The van der Waals surface area contributed by atoms with Crippen molar-refractivity contribution in [1.82, 2.24) is 15.2 Å². The molecule has 0 atom stereocenters. The van der Waals surface area contributed by atoms with Gasteiger partial charge in [0.25, 0.3) is 0 Å². The van der Waals surface area contributed by atoms with Crippen LogP contribution >= 0.6 is 23.2 Å². The Morgan fingerprint density at radius 3 is 2.82 bits per heavy atom. The standard InChI is InChI=1S/C11H12Cl2N4/c12-7-3-4-8(9(13)6-7)11-15-10(16-17-11)2-1-5-14/h3-4,6H,1-2,5,14H2,(H,15,16,17). The van der Waals surface area contributed by atoms with E-state index >= 15 is 0 Å². The Kier molecular flexibility index (Phi) is 3.99. The predicted octanol–water partition coefficient (Wildman–Crippen LogP) is 2.67. The molecule has 2 aromatic rings. The minimum atomic E-state index is 0.543. The molecule has 1 aromatic carbocycles. The summed E-state index contributed by atoms with van der Waals surface area (Å²) in [5, 5.41) is 8.14. The Hall–Kier alpha value is -1.10. The fourth-order valence-electron chi connectivity index (χ4n) is 1.47. The molecule has 0 spiro atoms. The van der Waals surface area contributed by atoms with E-state index in [9.17, 15) is 0 Å². The molecule has 0 fully saturated rings. The van der Waals surface area contributed by atoms with Gasteiger partial charge in [0.05, 0.1) is 5.02 Å². The Labute approximate surface area is 109 Å². The Bertz CT molecular complexity index is 510. The van der Waals surface area contributed by atoms with Gasteiger partial charge in [-0.1, -0.05) is 23.2 Å². The van der Waals surface area contributed by atoms with Crippen molar-refractivity contribution in [2.45, 2.75) is 12.8 Å². The first-order valence-electron chi connectivity index (χ1n) is 5.27. The lowest BCUT2D eigenvalue weighted by Gasteiger charge is -1.99. The fraction of sp³-hybridized carbons (Fsp3) is 0.273. The number of H-pyrrole nitrogens is 1. The van der Waals surface area contributed by atoms with Gasteiger partial charge >= 0.3 is 0 Å². The number of nitrogens with one attached hydrogen (secondary N) is 1. The predicted molar refractivity (Wildman–Crippen MR) is 69.2 cm³/mol. The number of halogens is 2. The molecule has 0 saturated heterocycles. The maximum Gasteiger partial charge on any atom is 0.182 e. The Balaban J connectivity index is 2.24. The van der Waals surface area contributed by atoms with Crippen molar-refractivity contribution in [2.75, 3.05) is 6.54 Å². The first-order valence-corrected chi connectivity index (χ1v) is 6.03. The zero-order valence-electron chi connectivity index (χ0n) is 9.08. The molecule has 0 saturated carbocycles. The zero-order valence-corrected chi connectivity index (χ0v) is 10.6. The van der Waals surface area contributed by atoms with Gasteiger partial charge in [-0.2, -0.15) is 5.10 Å². The first kappa shape index (κ1) is 12.4. The second-order valence-corrected chi connectivity index (χ2v) is 4.47. The molecule has 0 radical (unpaired) electrons. The van der Waals surface area contributed by atoms with E-state index in [0.29, 0.717) is 22.4 Å². The molecule has 6 heteroatoms. The largest absolute Gasteiger partial charge is 0.330 e. The average Bonchev–Trinajstić information content (AvgIpc) is 2.75. The third-order valence-electron chi connectivity index (χ3n) is 2.32. The zero-order chi connectivity index (χ0) is 12.3. The normalized spacial score (nSPS) is 10.8. The summed E-state index contributed by atoms with van der Waals surface area (Å²) in [6, 6.07) is 5.24. The molecule has 3 N–H and O–H groups in total. The van der Waals surface area contributed by atoms with Gasteiger partial charge in [-0.15, -0.1) is 0 Å². The van der Waals surface area contributed by atoms with E-state index in [4.69, 9.17) is 28.9 Å². The number of rotatable bonds is 4. The molecule has 0 unspecified atom stereocenters. The van der Waals surface area contributed by atoms with Crippen LogP contribution in [0.3, 0.4) is 0 Å². The SMILES string of the molecule is NCCCc1nc(-c2ccc(Cl)cc2Cl)n[nH]1. The van der Waals surface area contributed by atoms with Gasteiger partial charge in [0.15, 0.2) is 5.82 Å². The van der Waals surface area contributed by atoms with E-state index < -0.39 is 0 Å². The van der Waals surface area contributed by atoms with E-state index in [1.54, 1.807) is 18.2 Å². The molecular formula is C11H12Cl2N4. The highest BCUT2D eigenvalue weighted by atomic mass is 35.5. The van der Waals surface area contributed by atoms with Crippen LogP contribution in [0.1, 0.15) is 12.2 Å². The van der Waals surface area contributed by atoms with Gasteiger partial charge in [-0.3, -0.25) is 5.10 Å². The molecule has 90 valence electrons. The Morgan fingerprint density at radius 1 is 1.29 bits per heavy atom.